The molecule has 0 amide bonds. The number of hydrogen-bond acceptors (Lipinski definition) is 0. The second-order valence-electron chi connectivity index (χ2n) is 6.36. The lowest BCUT2D eigenvalue weighted by Crippen LogP contribution is -2.27. The lowest BCUT2D eigenvalue weighted by molar-refractivity contribution is 0.777. The highest BCUT2D eigenvalue weighted by molar-refractivity contribution is 7.73. The zero-order valence-electron chi connectivity index (χ0n) is 12.5. The summed E-state index contributed by atoms with van der Waals surface area (Å²) in [4.78, 5) is 0. The van der Waals surface area contributed by atoms with Crippen LogP contribution in [0.25, 0.3) is 0 Å². The fourth-order valence-electron chi connectivity index (χ4n) is 3.89. The van der Waals surface area contributed by atoms with E-state index in [1.54, 1.807) is 10.6 Å². The van der Waals surface area contributed by atoms with Gasteiger partial charge in [-0.1, -0.05) is 60.9 Å². The molecular formula is C17H26P2. The van der Waals surface area contributed by atoms with Crippen molar-refractivity contribution in [2.75, 3.05) is 6.16 Å². The SMILES string of the molecule is C[C@@H]1CCCP1c1ccccc1P1[C@H](C)CC[C@H]1C. The van der Waals surface area contributed by atoms with Crippen LogP contribution < -0.4 is 10.6 Å². The van der Waals surface area contributed by atoms with Crippen molar-refractivity contribution >= 4 is 26.5 Å². The van der Waals surface area contributed by atoms with Crippen molar-refractivity contribution in [3.63, 3.8) is 0 Å². The Bertz CT molecular complexity index is 433. The summed E-state index contributed by atoms with van der Waals surface area (Å²) < 4.78 is 0. The molecule has 19 heavy (non-hydrogen) atoms. The zero-order valence-corrected chi connectivity index (χ0v) is 14.3. The Labute approximate surface area is 120 Å². The van der Waals surface area contributed by atoms with E-state index < -0.39 is 0 Å². The van der Waals surface area contributed by atoms with Gasteiger partial charge < -0.3 is 0 Å². The van der Waals surface area contributed by atoms with Gasteiger partial charge in [-0.05, 0) is 59.4 Å². The van der Waals surface area contributed by atoms with Crippen LogP contribution in [0.3, 0.4) is 0 Å². The second kappa shape index (κ2) is 5.83. The second-order valence-corrected chi connectivity index (χ2v) is 12.2. The van der Waals surface area contributed by atoms with Crippen LogP contribution in [0, 0.1) is 0 Å². The molecule has 2 heteroatoms. The van der Waals surface area contributed by atoms with Crippen molar-refractivity contribution in [2.45, 2.75) is 63.4 Å². The summed E-state index contributed by atoms with van der Waals surface area (Å²) in [6.07, 6.45) is 7.32. The largest absolute Gasteiger partial charge is 0.0717 e. The molecule has 0 saturated carbocycles. The molecule has 4 atom stereocenters. The van der Waals surface area contributed by atoms with E-state index in [0.717, 1.165) is 17.0 Å². The highest BCUT2D eigenvalue weighted by Crippen LogP contribution is 2.56. The summed E-state index contributed by atoms with van der Waals surface area (Å²) in [7, 11) is 0.237. The molecule has 0 aromatic heterocycles. The highest BCUT2D eigenvalue weighted by Gasteiger charge is 2.35. The Balaban J connectivity index is 1.97. The van der Waals surface area contributed by atoms with Crippen molar-refractivity contribution in [1.82, 2.24) is 0 Å². The first-order chi connectivity index (χ1) is 9.18. The van der Waals surface area contributed by atoms with Gasteiger partial charge >= 0.3 is 0 Å². The maximum atomic E-state index is 2.50. The van der Waals surface area contributed by atoms with Crippen LogP contribution in [0.15, 0.2) is 24.3 Å². The molecule has 0 radical (unpaired) electrons. The van der Waals surface area contributed by atoms with Crippen LogP contribution in [0.2, 0.25) is 0 Å². The summed E-state index contributed by atoms with van der Waals surface area (Å²) in [6, 6.07) is 9.53. The summed E-state index contributed by atoms with van der Waals surface area (Å²) in [5.41, 5.74) is 2.84. The summed E-state index contributed by atoms with van der Waals surface area (Å²) >= 11 is 0. The minimum absolute atomic E-state index is 0.0976. The van der Waals surface area contributed by atoms with E-state index >= 15 is 0 Å². The van der Waals surface area contributed by atoms with E-state index in [9.17, 15) is 0 Å². The Morgan fingerprint density at radius 3 is 2.05 bits per heavy atom. The van der Waals surface area contributed by atoms with Crippen molar-refractivity contribution < 1.29 is 0 Å². The van der Waals surface area contributed by atoms with Gasteiger partial charge in [0.2, 0.25) is 0 Å². The standard InChI is InChI=1S/C17H26P2/c1-13-7-6-12-18(13)16-8-4-5-9-17(16)19-14(2)10-11-15(19)3/h4-5,8-9,13-15H,6-7,10-12H2,1-3H3/t13-,14-,15-,18?/m1/s1. The Morgan fingerprint density at radius 2 is 1.47 bits per heavy atom. The Kier molecular flexibility index (Phi) is 4.31. The van der Waals surface area contributed by atoms with Gasteiger partial charge in [0.25, 0.3) is 0 Å². The van der Waals surface area contributed by atoms with Gasteiger partial charge in [0.15, 0.2) is 0 Å². The highest BCUT2D eigenvalue weighted by atomic mass is 31.1. The van der Waals surface area contributed by atoms with E-state index in [1.165, 1.54) is 31.8 Å². The molecule has 0 aliphatic carbocycles. The first kappa shape index (κ1) is 14.0. The third kappa shape index (κ3) is 2.64. The quantitative estimate of drug-likeness (QED) is 0.696. The monoisotopic (exact) mass is 292 g/mol. The summed E-state index contributed by atoms with van der Waals surface area (Å²) in [5.74, 6) is 0. The van der Waals surface area contributed by atoms with Gasteiger partial charge in [0.05, 0.1) is 0 Å². The topological polar surface area (TPSA) is 0 Å². The maximum Gasteiger partial charge on any atom is -0.0158 e. The molecule has 2 aliphatic rings. The van der Waals surface area contributed by atoms with Gasteiger partial charge in [-0.15, -0.1) is 0 Å². The molecule has 0 bridgehead atoms. The zero-order chi connectivity index (χ0) is 13.4. The van der Waals surface area contributed by atoms with Gasteiger partial charge in [0, 0.05) is 0 Å². The van der Waals surface area contributed by atoms with Crippen LogP contribution in [-0.2, 0) is 0 Å². The molecule has 2 fully saturated rings. The van der Waals surface area contributed by atoms with E-state index in [2.05, 4.69) is 45.0 Å². The van der Waals surface area contributed by atoms with Gasteiger partial charge in [-0.2, -0.15) is 0 Å². The predicted octanol–water partition coefficient (Wildman–Crippen LogP) is 4.65. The third-order valence-corrected chi connectivity index (χ3v) is 11.6. The molecule has 2 aliphatic heterocycles. The molecule has 0 N–H and O–H groups in total. The number of benzene rings is 1. The van der Waals surface area contributed by atoms with Crippen molar-refractivity contribution in [3.8, 4) is 0 Å². The van der Waals surface area contributed by atoms with Crippen molar-refractivity contribution in [1.29, 1.82) is 0 Å². The van der Waals surface area contributed by atoms with Gasteiger partial charge in [-0.25, -0.2) is 0 Å². The van der Waals surface area contributed by atoms with Crippen LogP contribution in [-0.4, -0.2) is 23.1 Å². The van der Waals surface area contributed by atoms with Crippen LogP contribution in [0.4, 0.5) is 0 Å². The molecule has 1 aromatic carbocycles. The minimum atomic E-state index is 0.0976. The normalized spacial score (nSPS) is 35.9. The number of hydrogen-bond donors (Lipinski definition) is 0. The summed E-state index contributed by atoms with van der Waals surface area (Å²) in [6.45, 7) is 7.49. The molecule has 2 saturated heterocycles. The lowest BCUT2D eigenvalue weighted by atomic mass is 10.2. The molecule has 0 spiro atoms. The Morgan fingerprint density at radius 1 is 0.842 bits per heavy atom. The smallest absolute Gasteiger partial charge is 0.0158 e. The van der Waals surface area contributed by atoms with Crippen LogP contribution in [0.1, 0.15) is 46.5 Å². The van der Waals surface area contributed by atoms with E-state index in [1.807, 2.05) is 0 Å². The molecule has 2 heterocycles. The maximum absolute atomic E-state index is 2.50. The van der Waals surface area contributed by atoms with Crippen molar-refractivity contribution in [3.05, 3.63) is 24.3 Å². The van der Waals surface area contributed by atoms with E-state index in [-0.39, 0.29) is 15.8 Å². The first-order valence-electron chi connectivity index (χ1n) is 7.82. The molecule has 1 unspecified atom stereocenters. The molecular weight excluding hydrogens is 266 g/mol. The van der Waals surface area contributed by atoms with Crippen LogP contribution >= 0.6 is 15.8 Å². The van der Waals surface area contributed by atoms with Crippen LogP contribution in [0.5, 0.6) is 0 Å². The fraction of sp³-hybridized carbons (Fsp3) is 0.647. The molecule has 104 valence electrons. The number of rotatable bonds is 2. The van der Waals surface area contributed by atoms with Gasteiger partial charge in [0.1, 0.15) is 0 Å². The lowest BCUT2D eigenvalue weighted by Gasteiger charge is -2.28. The average Bonchev–Trinajstić information content (AvgIpc) is 2.96. The summed E-state index contributed by atoms with van der Waals surface area (Å²) in [5, 5.41) is 3.57. The predicted molar refractivity (Wildman–Crippen MR) is 91.3 cm³/mol. The first-order valence-corrected chi connectivity index (χ1v) is 10.9. The third-order valence-electron chi connectivity index (χ3n) is 4.97. The van der Waals surface area contributed by atoms with Crippen molar-refractivity contribution in [2.24, 2.45) is 0 Å². The average molecular weight is 292 g/mol. The fourth-order valence-corrected chi connectivity index (χ4v) is 10.7. The van der Waals surface area contributed by atoms with Gasteiger partial charge in [-0.3, -0.25) is 0 Å². The molecule has 0 nitrogen and oxygen atoms in total. The van der Waals surface area contributed by atoms with E-state index in [4.69, 9.17) is 0 Å². The molecule has 1 aromatic rings. The van der Waals surface area contributed by atoms with E-state index in [0.29, 0.717) is 0 Å². The Hall–Kier alpha value is 0.0800. The molecule has 3 rings (SSSR count). The minimum Gasteiger partial charge on any atom is -0.0717 e.